The molecule has 2 saturated heterocycles. The Bertz CT molecular complexity index is 811. The van der Waals surface area contributed by atoms with E-state index in [4.69, 9.17) is 19.9 Å². The van der Waals surface area contributed by atoms with E-state index in [0.717, 1.165) is 0 Å². The fourth-order valence-corrected chi connectivity index (χ4v) is 3.75. The summed E-state index contributed by atoms with van der Waals surface area (Å²) in [5.41, 5.74) is 6.80. The van der Waals surface area contributed by atoms with E-state index >= 15 is 0 Å². The van der Waals surface area contributed by atoms with Crippen LogP contribution in [-0.4, -0.2) is 66.5 Å². The summed E-state index contributed by atoms with van der Waals surface area (Å²) in [6, 6.07) is 0. The summed E-state index contributed by atoms with van der Waals surface area (Å²) in [6.45, 7) is 5.14. The molecule has 6 atom stereocenters. The fraction of sp³-hybridized carbons (Fsp3) is 0.688. The number of rotatable bonds is 2. The van der Waals surface area contributed by atoms with E-state index in [-0.39, 0.29) is 18.3 Å². The summed E-state index contributed by atoms with van der Waals surface area (Å²) >= 11 is 0. The van der Waals surface area contributed by atoms with Crippen LogP contribution in [0.15, 0.2) is 12.7 Å². The van der Waals surface area contributed by atoms with Gasteiger partial charge in [-0.05, 0) is 13.8 Å². The van der Waals surface area contributed by atoms with Gasteiger partial charge in [0.05, 0.1) is 25.1 Å². The van der Waals surface area contributed by atoms with Crippen molar-refractivity contribution in [1.82, 2.24) is 19.5 Å². The number of ether oxygens (including phenoxy) is 3. The summed E-state index contributed by atoms with van der Waals surface area (Å²) < 4.78 is 19.9. The second-order valence-corrected chi connectivity index (χ2v) is 7.25. The van der Waals surface area contributed by atoms with Gasteiger partial charge in [0.25, 0.3) is 0 Å². The molecule has 142 valence electrons. The molecule has 0 bridgehead atoms. The van der Waals surface area contributed by atoms with Gasteiger partial charge in [-0.2, -0.15) is 0 Å². The molecule has 2 aromatic heterocycles. The third-order valence-corrected chi connectivity index (χ3v) is 5.04. The van der Waals surface area contributed by atoms with Crippen molar-refractivity contribution in [3.63, 3.8) is 0 Å². The lowest BCUT2D eigenvalue weighted by molar-refractivity contribution is -0.199. The number of aromatic nitrogens is 4. The zero-order valence-corrected chi connectivity index (χ0v) is 14.8. The highest BCUT2D eigenvalue weighted by atomic mass is 16.8. The molecule has 0 radical (unpaired) electrons. The van der Waals surface area contributed by atoms with Crippen LogP contribution >= 0.6 is 0 Å². The summed E-state index contributed by atoms with van der Waals surface area (Å²) in [7, 11) is 0. The molecule has 10 heteroatoms. The lowest BCUT2D eigenvalue weighted by atomic mass is 9.92. The van der Waals surface area contributed by atoms with Gasteiger partial charge in [-0.15, -0.1) is 0 Å². The van der Waals surface area contributed by atoms with Crippen molar-refractivity contribution < 1.29 is 24.4 Å². The summed E-state index contributed by atoms with van der Waals surface area (Å²) in [5.74, 6) is -0.880. The standard InChI is InChI=1S/C16H23N5O5/c1-7-10(23)8(4-22)24-15(12-11(7)25-16(2,3)26-12)21-6-20-9-13(17)18-5-19-14(9)21/h5-8,10-12,15,22-23H,4H2,1-3H3,(H2,17,18,19)/t7-,8-,10+,11-,12-,15-/m1/s1. The van der Waals surface area contributed by atoms with Gasteiger partial charge >= 0.3 is 0 Å². The average Bonchev–Trinajstić information content (AvgIpc) is 3.14. The predicted molar refractivity (Wildman–Crippen MR) is 89.7 cm³/mol. The van der Waals surface area contributed by atoms with Gasteiger partial charge in [0.15, 0.2) is 23.5 Å². The number of nitrogen functional groups attached to an aromatic ring is 1. The van der Waals surface area contributed by atoms with Crippen molar-refractivity contribution in [2.45, 2.75) is 57.2 Å². The van der Waals surface area contributed by atoms with Gasteiger partial charge in [0.2, 0.25) is 0 Å². The third kappa shape index (κ3) is 2.65. The number of fused-ring (bicyclic) bond motifs is 2. The second kappa shape index (κ2) is 6.10. The quantitative estimate of drug-likeness (QED) is 0.661. The van der Waals surface area contributed by atoms with Gasteiger partial charge < -0.3 is 30.2 Å². The Hall–Kier alpha value is -1.85. The van der Waals surface area contributed by atoms with Crippen molar-refractivity contribution in [2.24, 2.45) is 5.92 Å². The first kappa shape index (κ1) is 17.6. The molecule has 2 aliphatic rings. The zero-order chi connectivity index (χ0) is 18.6. The highest BCUT2D eigenvalue weighted by Crippen LogP contribution is 2.43. The molecule has 4 N–H and O–H groups in total. The van der Waals surface area contributed by atoms with E-state index in [2.05, 4.69) is 15.0 Å². The molecule has 0 aliphatic carbocycles. The highest BCUT2D eigenvalue weighted by molar-refractivity contribution is 5.81. The maximum absolute atomic E-state index is 10.6. The third-order valence-electron chi connectivity index (χ3n) is 5.04. The van der Waals surface area contributed by atoms with Crippen LogP contribution < -0.4 is 5.73 Å². The van der Waals surface area contributed by atoms with Crippen molar-refractivity contribution in [1.29, 1.82) is 0 Å². The van der Waals surface area contributed by atoms with Crippen LogP contribution in [-0.2, 0) is 14.2 Å². The first-order chi connectivity index (χ1) is 12.3. The zero-order valence-electron chi connectivity index (χ0n) is 14.8. The van der Waals surface area contributed by atoms with Gasteiger partial charge in [-0.3, -0.25) is 4.57 Å². The van der Waals surface area contributed by atoms with E-state index in [1.54, 1.807) is 10.9 Å². The molecule has 4 heterocycles. The van der Waals surface area contributed by atoms with E-state index in [1.807, 2.05) is 20.8 Å². The Labute approximate surface area is 149 Å². The summed E-state index contributed by atoms with van der Waals surface area (Å²) in [6.07, 6.45) is -0.489. The molecular formula is C16H23N5O5. The molecule has 26 heavy (non-hydrogen) atoms. The molecule has 2 fully saturated rings. The number of aliphatic hydroxyl groups is 2. The van der Waals surface area contributed by atoms with Crippen LogP contribution in [0.5, 0.6) is 0 Å². The molecular weight excluding hydrogens is 342 g/mol. The minimum atomic E-state index is -0.913. The number of nitrogens with two attached hydrogens (primary N) is 1. The molecule has 0 spiro atoms. The lowest BCUT2D eigenvalue weighted by Gasteiger charge is -2.28. The molecule has 4 rings (SSSR count). The average molecular weight is 365 g/mol. The van der Waals surface area contributed by atoms with Crippen LogP contribution in [0.2, 0.25) is 0 Å². The van der Waals surface area contributed by atoms with Crippen LogP contribution in [0, 0.1) is 5.92 Å². The van der Waals surface area contributed by atoms with Crippen LogP contribution in [0.25, 0.3) is 11.2 Å². The maximum Gasteiger partial charge on any atom is 0.167 e. The number of hydrogen-bond acceptors (Lipinski definition) is 9. The molecule has 0 aromatic carbocycles. The summed E-state index contributed by atoms with van der Waals surface area (Å²) in [5, 5.41) is 20.3. The topological polar surface area (TPSA) is 138 Å². The van der Waals surface area contributed by atoms with Gasteiger partial charge in [-0.1, -0.05) is 6.92 Å². The van der Waals surface area contributed by atoms with Crippen molar-refractivity contribution in [3.05, 3.63) is 12.7 Å². The van der Waals surface area contributed by atoms with E-state index in [9.17, 15) is 10.2 Å². The van der Waals surface area contributed by atoms with Crippen LogP contribution in [0.4, 0.5) is 5.82 Å². The Morgan fingerprint density at radius 3 is 2.69 bits per heavy atom. The Morgan fingerprint density at radius 1 is 1.23 bits per heavy atom. The molecule has 2 aliphatic heterocycles. The number of imidazole rings is 1. The SMILES string of the molecule is C[C@@H]1[C@H](O)[C@@H](CO)O[C@@H](n2cnc3c(N)ncnc32)[C@@H]2OC(C)(C)O[C@H]12. The Kier molecular flexibility index (Phi) is 4.12. The number of aliphatic hydroxyl groups excluding tert-OH is 2. The van der Waals surface area contributed by atoms with E-state index < -0.39 is 36.4 Å². The molecule has 2 aromatic rings. The molecule has 0 amide bonds. The first-order valence-electron chi connectivity index (χ1n) is 8.55. The van der Waals surface area contributed by atoms with Crippen LogP contribution in [0.1, 0.15) is 27.0 Å². The smallest absolute Gasteiger partial charge is 0.167 e. The Morgan fingerprint density at radius 2 is 1.96 bits per heavy atom. The summed E-state index contributed by atoms with van der Waals surface area (Å²) in [4.78, 5) is 12.5. The number of anilines is 1. The van der Waals surface area contributed by atoms with Crippen LogP contribution in [0.3, 0.4) is 0 Å². The Balaban J connectivity index is 1.82. The van der Waals surface area contributed by atoms with Crippen molar-refractivity contribution >= 4 is 17.0 Å². The first-order valence-corrected chi connectivity index (χ1v) is 8.55. The molecule has 0 unspecified atom stereocenters. The highest BCUT2D eigenvalue weighted by Gasteiger charge is 2.54. The maximum atomic E-state index is 10.6. The molecule has 0 saturated carbocycles. The predicted octanol–water partition coefficient (Wildman–Crippen LogP) is -0.185. The second-order valence-electron chi connectivity index (χ2n) is 7.25. The van der Waals surface area contributed by atoms with Gasteiger partial charge in [0, 0.05) is 5.92 Å². The van der Waals surface area contributed by atoms with Crippen molar-refractivity contribution in [2.75, 3.05) is 12.3 Å². The van der Waals surface area contributed by atoms with Gasteiger partial charge in [0.1, 0.15) is 24.1 Å². The number of hydrogen-bond donors (Lipinski definition) is 3. The largest absolute Gasteiger partial charge is 0.394 e. The fourth-order valence-electron chi connectivity index (χ4n) is 3.75. The van der Waals surface area contributed by atoms with Gasteiger partial charge in [-0.25, -0.2) is 15.0 Å². The monoisotopic (exact) mass is 365 g/mol. The molecule has 10 nitrogen and oxygen atoms in total. The lowest BCUT2D eigenvalue weighted by Crippen LogP contribution is -2.40. The van der Waals surface area contributed by atoms with E-state index in [1.165, 1.54) is 6.33 Å². The normalized spacial score (nSPS) is 36.8. The van der Waals surface area contributed by atoms with E-state index in [0.29, 0.717) is 11.2 Å². The number of nitrogens with zero attached hydrogens (tertiary/aromatic N) is 4. The minimum Gasteiger partial charge on any atom is -0.394 e. The minimum absolute atomic E-state index is 0.259. The van der Waals surface area contributed by atoms with Crippen molar-refractivity contribution in [3.8, 4) is 0 Å².